The second-order valence-electron chi connectivity index (χ2n) is 4.83. The van der Waals surface area contributed by atoms with Gasteiger partial charge in [0, 0.05) is 6.07 Å². The SMILES string of the molecule is COc1ccc(OC)c(-n2c(-c3cccc(F)c3F)n[nH]c2=S)c1. The minimum Gasteiger partial charge on any atom is -0.497 e. The summed E-state index contributed by atoms with van der Waals surface area (Å²) in [6.45, 7) is 0. The van der Waals surface area contributed by atoms with Crippen molar-refractivity contribution < 1.29 is 18.3 Å². The molecule has 0 spiro atoms. The highest BCUT2D eigenvalue weighted by atomic mass is 32.1. The lowest BCUT2D eigenvalue weighted by molar-refractivity contribution is 0.401. The van der Waals surface area contributed by atoms with Crippen LogP contribution in [0.5, 0.6) is 11.5 Å². The Morgan fingerprint density at radius 2 is 1.92 bits per heavy atom. The van der Waals surface area contributed by atoms with E-state index in [1.807, 2.05) is 0 Å². The number of nitrogens with zero attached hydrogens (tertiary/aromatic N) is 2. The number of methoxy groups -OCH3 is 2. The van der Waals surface area contributed by atoms with Crippen LogP contribution in [-0.4, -0.2) is 29.0 Å². The van der Waals surface area contributed by atoms with Crippen LogP contribution in [0.25, 0.3) is 17.1 Å². The summed E-state index contributed by atoms with van der Waals surface area (Å²) in [7, 11) is 3.02. The summed E-state index contributed by atoms with van der Waals surface area (Å²) in [6.07, 6.45) is 0. The highest BCUT2D eigenvalue weighted by Gasteiger charge is 2.19. The van der Waals surface area contributed by atoms with E-state index in [-0.39, 0.29) is 16.2 Å². The molecule has 0 saturated carbocycles. The van der Waals surface area contributed by atoms with E-state index < -0.39 is 11.6 Å². The van der Waals surface area contributed by atoms with E-state index in [4.69, 9.17) is 21.7 Å². The normalized spacial score (nSPS) is 10.7. The van der Waals surface area contributed by atoms with Crippen molar-refractivity contribution in [1.29, 1.82) is 0 Å². The number of aromatic nitrogens is 3. The predicted octanol–water partition coefficient (Wildman–Crippen LogP) is 3.89. The first kappa shape index (κ1) is 16.1. The Labute approximate surface area is 141 Å². The lowest BCUT2D eigenvalue weighted by Gasteiger charge is -2.13. The second-order valence-corrected chi connectivity index (χ2v) is 5.21. The van der Waals surface area contributed by atoms with Crippen molar-refractivity contribution in [3.8, 4) is 28.6 Å². The summed E-state index contributed by atoms with van der Waals surface area (Å²) in [4.78, 5) is 0. The highest BCUT2D eigenvalue weighted by Crippen LogP contribution is 2.32. The van der Waals surface area contributed by atoms with Gasteiger partial charge in [-0.25, -0.2) is 8.78 Å². The molecule has 0 aliphatic heterocycles. The molecule has 0 unspecified atom stereocenters. The minimum absolute atomic E-state index is 0.0211. The third-order valence-corrected chi connectivity index (χ3v) is 3.77. The molecule has 0 saturated heterocycles. The molecule has 1 heterocycles. The topological polar surface area (TPSA) is 52.1 Å². The standard InChI is InChI=1S/C16H13F2N3O2S/c1-22-9-6-7-13(23-2)12(8-9)21-15(19-20-16(21)24)10-4-3-5-11(17)14(10)18/h3-8H,1-2H3,(H,20,24). The van der Waals surface area contributed by atoms with Gasteiger partial charge in [-0.15, -0.1) is 0 Å². The van der Waals surface area contributed by atoms with Gasteiger partial charge < -0.3 is 9.47 Å². The molecule has 124 valence electrons. The summed E-state index contributed by atoms with van der Waals surface area (Å²) in [6, 6.07) is 8.94. The molecule has 1 N–H and O–H groups in total. The van der Waals surface area contributed by atoms with Crippen molar-refractivity contribution in [3.63, 3.8) is 0 Å². The summed E-state index contributed by atoms with van der Waals surface area (Å²) in [5, 5.41) is 6.64. The fourth-order valence-corrected chi connectivity index (χ4v) is 2.58. The molecule has 0 atom stereocenters. The summed E-state index contributed by atoms with van der Waals surface area (Å²) < 4.78 is 40.0. The van der Waals surface area contributed by atoms with Gasteiger partial charge in [0.2, 0.25) is 0 Å². The van der Waals surface area contributed by atoms with E-state index in [9.17, 15) is 8.78 Å². The van der Waals surface area contributed by atoms with Crippen LogP contribution < -0.4 is 9.47 Å². The van der Waals surface area contributed by atoms with E-state index in [0.29, 0.717) is 17.2 Å². The van der Waals surface area contributed by atoms with E-state index in [0.717, 1.165) is 6.07 Å². The Kier molecular flexibility index (Phi) is 4.30. The Morgan fingerprint density at radius 1 is 1.12 bits per heavy atom. The van der Waals surface area contributed by atoms with Crippen LogP contribution in [0.1, 0.15) is 0 Å². The first-order valence-electron chi connectivity index (χ1n) is 6.91. The van der Waals surface area contributed by atoms with Gasteiger partial charge in [0.1, 0.15) is 11.5 Å². The summed E-state index contributed by atoms with van der Waals surface area (Å²) in [5.74, 6) is -0.810. The molecule has 0 aliphatic rings. The van der Waals surface area contributed by atoms with Crippen LogP contribution in [0.4, 0.5) is 8.78 Å². The number of hydrogen-bond donors (Lipinski definition) is 1. The average Bonchev–Trinajstić information content (AvgIpc) is 2.98. The van der Waals surface area contributed by atoms with E-state index >= 15 is 0 Å². The zero-order valence-electron chi connectivity index (χ0n) is 12.8. The van der Waals surface area contributed by atoms with Gasteiger partial charge in [-0.1, -0.05) is 6.07 Å². The smallest absolute Gasteiger partial charge is 0.200 e. The molecular weight excluding hydrogens is 336 g/mol. The maximum absolute atomic E-state index is 14.2. The molecule has 3 aromatic rings. The number of nitrogens with one attached hydrogen (secondary N) is 1. The fourth-order valence-electron chi connectivity index (χ4n) is 2.35. The molecule has 1 aromatic heterocycles. The highest BCUT2D eigenvalue weighted by molar-refractivity contribution is 7.71. The Hall–Kier alpha value is -2.74. The maximum Gasteiger partial charge on any atom is 0.200 e. The predicted molar refractivity (Wildman–Crippen MR) is 87.2 cm³/mol. The Morgan fingerprint density at radius 3 is 2.62 bits per heavy atom. The lowest BCUT2D eigenvalue weighted by atomic mass is 10.2. The van der Waals surface area contributed by atoms with Crippen molar-refractivity contribution >= 4 is 12.2 Å². The molecule has 0 fully saturated rings. The lowest BCUT2D eigenvalue weighted by Crippen LogP contribution is -2.03. The van der Waals surface area contributed by atoms with Gasteiger partial charge in [0.15, 0.2) is 22.2 Å². The number of benzene rings is 2. The molecular formula is C16H13F2N3O2S. The van der Waals surface area contributed by atoms with Gasteiger partial charge in [-0.05, 0) is 36.5 Å². The molecule has 2 aromatic carbocycles. The van der Waals surface area contributed by atoms with Crippen LogP contribution in [0.3, 0.4) is 0 Å². The third kappa shape index (κ3) is 2.65. The number of rotatable bonds is 4. The van der Waals surface area contributed by atoms with Gasteiger partial charge in [0.05, 0.1) is 25.5 Å². The molecule has 0 aliphatic carbocycles. The minimum atomic E-state index is -1.00. The molecule has 0 amide bonds. The van der Waals surface area contributed by atoms with Crippen molar-refractivity contribution in [3.05, 3.63) is 52.8 Å². The van der Waals surface area contributed by atoms with Crippen molar-refractivity contribution in [1.82, 2.24) is 14.8 Å². The molecule has 3 rings (SSSR count). The van der Waals surface area contributed by atoms with E-state index in [1.165, 1.54) is 30.9 Å². The van der Waals surface area contributed by atoms with Crippen LogP contribution in [0.2, 0.25) is 0 Å². The quantitative estimate of drug-likeness (QED) is 0.726. The number of H-pyrrole nitrogens is 1. The number of aromatic amines is 1. The van der Waals surface area contributed by atoms with Gasteiger partial charge >= 0.3 is 0 Å². The van der Waals surface area contributed by atoms with Crippen LogP contribution >= 0.6 is 12.2 Å². The molecule has 24 heavy (non-hydrogen) atoms. The van der Waals surface area contributed by atoms with Gasteiger partial charge in [-0.3, -0.25) is 9.67 Å². The summed E-state index contributed by atoms with van der Waals surface area (Å²) >= 11 is 5.25. The van der Waals surface area contributed by atoms with E-state index in [1.54, 1.807) is 18.2 Å². The molecule has 5 nitrogen and oxygen atoms in total. The summed E-state index contributed by atoms with van der Waals surface area (Å²) in [5.41, 5.74) is 0.474. The third-order valence-electron chi connectivity index (χ3n) is 3.49. The zero-order valence-corrected chi connectivity index (χ0v) is 13.7. The van der Waals surface area contributed by atoms with Crippen molar-refractivity contribution in [2.45, 2.75) is 0 Å². The van der Waals surface area contributed by atoms with Crippen molar-refractivity contribution in [2.75, 3.05) is 14.2 Å². The monoisotopic (exact) mass is 349 g/mol. The van der Waals surface area contributed by atoms with E-state index in [2.05, 4.69) is 10.2 Å². The fraction of sp³-hybridized carbons (Fsp3) is 0.125. The average molecular weight is 349 g/mol. The number of hydrogen-bond acceptors (Lipinski definition) is 4. The van der Waals surface area contributed by atoms with Gasteiger partial charge in [-0.2, -0.15) is 5.10 Å². The molecule has 0 bridgehead atoms. The molecule has 0 radical (unpaired) electrons. The largest absolute Gasteiger partial charge is 0.497 e. The van der Waals surface area contributed by atoms with Crippen molar-refractivity contribution in [2.24, 2.45) is 0 Å². The van der Waals surface area contributed by atoms with Crippen LogP contribution in [-0.2, 0) is 0 Å². The first-order valence-corrected chi connectivity index (χ1v) is 7.32. The maximum atomic E-state index is 14.2. The number of halogens is 2. The Balaban J connectivity index is 2.30. The van der Waals surface area contributed by atoms with Gasteiger partial charge in [0.25, 0.3) is 0 Å². The Bertz CT molecular complexity index is 953. The molecule has 8 heteroatoms. The zero-order chi connectivity index (χ0) is 17.3. The number of ether oxygens (including phenoxy) is 2. The van der Waals surface area contributed by atoms with Crippen LogP contribution in [0, 0.1) is 16.4 Å². The first-order chi connectivity index (χ1) is 11.6. The van der Waals surface area contributed by atoms with Crippen LogP contribution in [0.15, 0.2) is 36.4 Å². The second kappa shape index (κ2) is 6.40.